The molecule has 0 aliphatic heterocycles. The lowest BCUT2D eigenvalue weighted by Gasteiger charge is -2.02. The second kappa shape index (κ2) is 15.6. The van der Waals surface area contributed by atoms with Crippen LogP contribution in [0.5, 0.6) is 0 Å². The van der Waals surface area contributed by atoms with Crippen LogP contribution in [-0.4, -0.2) is 52.9 Å². The predicted octanol–water partition coefficient (Wildman–Crippen LogP) is 0.331. The minimum atomic E-state index is 0.975. The van der Waals surface area contributed by atoms with Crippen molar-refractivity contribution >= 4 is 0 Å². The molecular formula is C13H30N4. The van der Waals surface area contributed by atoms with Crippen molar-refractivity contribution in [1.29, 1.82) is 0 Å². The largest absolute Gasteiger partial charge is 0.320 e. The van der Waals surface area contributed by atoms with Gasteiger partial charge in [-0.15, -0.1) is 0 Å². The minimum absolute atomic E-state index is 0.975. The van der Waals surface area contributed by atoms with Crippen molar-refractivity contribution < 1.29 is 0 Å². The van der Waals surface area contributed by atoms with Crippen LogP contribution >= 0.6 is 0 Å². The molecule has 0 aromatic rings. The van der Waals surface area contributed by atoms with Gasteiger partial charge >= 0.3 is 0 Å². The first-order chi connectivity index (χ1) is 8.41. The Morgan fingerprint density at radius 1 is 0.765 bits per heavy atom. The zero-order chi connectivity index (χ0) is 12.6. The molecule has 0 spiro atoms. The maximum Gasteiger partial charge on any atom is 0.0135 e. The molecule has 4 N–H and O–H groups in total. The topological polar surface area (TPSA) is 48.1 Å². The molecule has 0 saturated carbocycles. The average molecular weight is 242 g/mol. The van der Waals surface area contributed by atoms with Crippen molar-refractivity contribution in [3.8, 4) is 0 Å². The van der Waals surface area contributed by atoms with Gasteiger partial charge in [-0.25, -0.2) is 0 Å². The standard InChI is InChI=1S/C13H30N4/c1-3-15-11-7-13-17-10-5-4-9-16-12-6-8-14-2/h4-5,14-17H,3,6-13H2,1-2H3. The second-order valence-electron chi connectivity index (χ2n) is 4.04. The zero-order valence-corrected chi connectivity index (χ0v) is 11.5. The van der Waals surface area contributed by atoms with Gasteiger partial charge in [-0.3, -0.25) is 0 Å². The van der Waals surface area contributed by atoms with E-state index in [9.17, 15) is 0 Å². The van der Waals surface area contributed by atoms with Crippen LogP contribution in [0.2, 0.25) is 0 Å². The Morgan fingerprint density at radius 2 is 1.29 bits per heavy atom. The van der Waals surface area contributed by atoms with E-state index in [4.69, 9.17) is 0 Å². The molecule has 0 aromatic carbocycles. The Kier molecular flexibility index (Phi) is 15.2. The first kappa shape index (κ1) is 16.6. The molecule has 0 rings (SSSR count). The van der Waals surface area contributed by atoms with Crippen LogP contribution in [0.1, 0.15) is 19.8 Å². The van der Waals surface area contributed by atoms with Crippen LogP contribution in [0.4, 0.5) is 0 Å². The Labute approximate surface area is 107 Å². The van der Waals surface area contributed by atoms with Gasteiger partial charge in [-0.2, -0.15) is 0 Å². The van der Waals surface area contributed by atoms with Gasteiger partial charge in [-0.05, 0) is 52.6 Å². The molecule has 4 heteroatoms. The molecule has 0 bridgehead atoms. The lowest BCUT2D eigenvalue weighted by molar-refractivity contribution is 0.627. The molecule has 0 saturated heterocycles. The van der Waals surface area contributed by atoms with Gasteiger partial charge in [0.25, 0.3) is 0 Å². The number of hydrogen-bond acceptors (Lipinski definition) is 4. The maximum absolute atomic E-state index is 3.39. The van der Waals surface area contributed by atoms with Crippen LogP contribution in [-0.2, 0) is 0 Å². The highest BCUT2D eigenvalue weighted by Gasteiger charge is 1.86. The van der Waals surface area contributed by atoms with Crippen molar-refractivity contribution in [2.45, 2.75) is 19.8 Å². The third-order valence-electron chi connectivity index (χ3n) is 2.43. The molecular weight excluding hydrogens is 212 g/mol. The van der Waals surface area contributed by atoms with Gasteiger partial charge in [0.15, 0.2) is 0 Å². The van der Waals surface area contributed by atoms with Gasteiger partial charge in [0.1, 0.15) is 0 Å². The first-order valence-corrected chi connectivity index (χ1v) is 6.83. The quantitative estimate of drug-likeness (QED) is 0.278. The summed E-state index contributed by atoms with van der Waals surface area (Å²) in [6, 6.07) is 0. The SMILES string of the molecule is CCNCCCNCC=CCNCCCNC. The van der Waals surface area contributed by atoms with Crippen molar-refractivity contribution in [3.63, 3.8) is 0 Å². The molecule has 0 atom stereocenters. The van der Waals surface area contributed by atoms with Crippen LogP contribution in [0.15, 0.2) is 12.2 Å². The molecule has 0 heterocycles. The molecule has 102 valence electrons. The summed E-state index contributed by atoms with van der Waals surface area (Å²) in [5, 5.41) is 13.2. The van der Waals surface area contributed by atoms with Gasteiger partial charge in [0.2, 0.25) is 0 Å². The van der Waals surface area contributed by atoms with E-state index >= 15 is 0 Å². The number of nitrogens with one attached hydrogen (secondary N) is 4. The summed E-state index contributed by atoms with van der Waals surface area (Å²) in [7, 11) is 1.99. The van der Waals surface area contributed by atoms with Crippen LogP contribution < -0.4 is 21.3 Å². The number of rotatable bonds is 13. The first-order valence-electron chi connectivity index (χ1n) is 6.83. The van der Waals surface area contributed by atoms with Crippen LogP contribution in [0, 0.1) is 0 Å². The lowest BCUT2D eigenvalue weighted by Crippen LogP contribution is -2.22. The fraction of sp³-hybridized carbons (Fsp3) is 0.846. The maximum atomic E-state index is 3.39. The summed E-state index contributed by atoms with van der Waals surface area (Å²) in [4.78, 5) is 0. The highest BCUT2D eigenvalue weighted by molar-refractivity contribution is 4.85. The Balaban J connectivity index is 2.99. The third-order valence-corrected chi connectivity index (χ3v) is 2.43. The molecule has 0 fully saturated rings. The lowest BCUT2D eigenvalue weighted by atomic mass is 10.4. The molecule has 4 nitrogen and oxygen atoms in total. The van der Waals surface area contributed by atoms with E-state index in [0.29, 0.717) is 0 Å². The van der Waals surface area contributed by atoms with Gasteiger partial charge in [-0.1, -0.05) is 19.1 Å². The fourth-order valence-corrected chi connectivity index (χ4v) is 1.44. The Hall–Kier alpha value is -0.420. The smallest absolute Gasteiger partial charge is 0.0135 e. The van der Waals surface area contributed by atoms with E-state index in [1.165, 1.54) is 12.8 Å². The summed E-state index contributed by atoms with van der Waals surface area (Å²) in [6.45, 7) is 9.53. The average Bonchev–Trinajstić information content (AvgIpc) is 2.35. The predicted molar refractivity (Wildman–Crippen MR) is 76.6 cm³/mol. The normalized spacial score (nSPS) is 11.4. The van der Waals surface area contributed by atoms with E-state index < -0.39 is 0 Å². The monoisotopic (exact) mass is 242 g/mol. The molecule has 0 aromatic heterocycles. The third kappa shape index (κ3) is 15.6. The molecule has 0 unspecified atom stereocenters. The number of hydrogen-bond donors (Lipinski definition) is 4. The second-order valence-corrected chi connectivity index (χ2v) is 4.04. The molecule has 0 aliphatic rings. The Bertz CT molecular complexity index is 159. The molecule has 17 heavy (non-hydrogen) atoms. The summed E-state index contributed by atoms with van der Waals surface area (Å²) >= 11 is 0. The summed E-state index contributed by atoms with van der Waals surface area (Å²) in [5.41, 5.74) is 0. The van der Waals surface area contributed by atoms with E-state index in [-0.39, 0.29) is 0 Å². The summed E-state index contributed by atoms with van der Waals surface area (Å²) in [5.74, 6) is 0. The van der Waals surface area contributed by atoms with Gasteiger partial charge in [0, 0.05) is 13.1 Å². The van der Waals surface area contributed by atoms with Crippen molar-refractivity contribution in [1.82, 2.24) is 21.3 Å². The van der Waals surface area contributed by atoms with E-state index in [2.05, 4.69) is 40.3 Å². The summed E-state index contributed by atoms with van der Waals surface area (Å²) in [6.07, 6.45) is 6.77. The highest BCUT2D eigenvalue weighted by Crippen LogP contribution is 1.76. The van der Waals surface area contributed by atoms with Gasteiger partial charge in [0.05, 0.1) is 0 Å². The Morgan fingerprint density at radius 3 is 1.82 bits per heavy atom. The molecule has 0 aliphatic carbocycles. The highest BCUT2D eigenvalue weighted by atomic mass is 14.9. The summed E-state index contributed by atoms with van der Waals surface area (Å²) < 4.78 is 0. The van der Waals surface area contributed by atoms with E-state index in [0.717, 1.165) is 45.8 Å². The van der Waals surface area contributed by atoms with Crippen molar-refractivity contribution in [2.75, 3.05) is 52.9 Å². The van der Waals surface area contributed by atoms with Crippen molar-refractivity contribution in [2.24, 2.45) is 0 Å². The van der Waals surface area contributed by atoms with Crippen LogP contribution in [0.3, 0.4) is 0 Å². The van der Waals surface area contributed by atoms with Gasteiger partial charge < -0.3 is 21.3 Å². The van der Waals surface area contributed by atoms with E-state index in [1.807, 2.05) is 7.05 Å². The van der Waals surface area contributed by atoms with E-state index in [1.54, 1.807) is 0 Å². The van der Waals surface area contributed by atoms with Crippen LogP contribution in [0.25, 0.3) is 0 Å². The molecule has 0 radical (unpaired) electrons. The minimum Gasteiger partial charge on any atom is -0.320 e. The van der Waals surface area contributed by atoms with Crippen molar-refractivity contribution in [3.05, 3.63) is 12.2 Å². The molecule has 0 amide bonds. The fourth-order valence-electron chi connectivity index (χ4n) is 1.44. The zero-order valence-electron chi connectivity index (χ0n) is 11.5.